The predicted octanol–water partition coefficient (Wildman–Crippen LogP) is 5.43. The highest BCUT2D eigenvalue weighted by atomic mass is 35.5. The lowest BCUT2D eigenvalue weighted by atomic mass is 10.0. The Morgan fingerprint density at radius 1 is 1.27 bits per heavy atom. The molecule has 1 heterocycles. The summed E-state index contributed by atoms with van der Waals surface area (Å²) in [5.74, 6) is 0.0285. The molecule has 0 saturated heterocycles. The van der Waals surface area contributed by atoms with E-state index in [2.05, 4.69) is 10.5 Å². The molecule has 0 aliphatic heterocycles. The van der Waals surface area contributed by atoms with Crippen LogP contribution in [0.4, 0.5) is 4.39 Å². The minimum Gasteiger partial charge on any atom is -0.493 e. The van der Waals surface area contributed by atoms with Crippen LogP contribution in [-0.2, 0) is 6.54 Å². The van der Waals surface area contributed by atoms with Gasteiger partial charge in [0.2, 0.25) is 0 Å². The van der Waals surface area contributed by atoms with E-state index < -0.39 is 11.7 Å². The van der Waals surface area contributed by atoms with E-state index >= 15 is 0 Å². The van der Waals surface area contributed by atoms with E-state index in [0.717, 1.165) is 0 Å². The smallest absolute Gasteiger partial charge is 0.257 e. The second-order valence-corrected chi connectivity index (χ2v) is 7.10. The monoisotopic (exact) mass is 452 g/mol. The van der Waals surface area contributed by atoms with Crippen molar-refractivity contribution in [3.8, 4) is 22.8 Å². The fourth-order valence-electron chi connectivity index (χ4n) is 2.96. The third-order valence-electron chi connectivity index (χ3n) is 4.32. The number of aromatic nitrogens is 1. The Morgan fingerprint density at radius 2 is 2.03 bits per heavy atom. The zero-order valence-electron chi connectivity index (χ0n) is 16.5. The SMILES string of the molecule is CCOc1c(Cl)cc(CNC(=O)c2c(-c3c(F)cccc3Cl)noc2C)cc1OC. The summed E-state index contributed by atoms with van der Waals surface area (Å²) in [6.45, 7) is 3.97. The quantitative estimate of drug-likeness (QED) is 0.516. The standard InChI is InChI=1S/C21H19Cl2FN2O4/c1-4-29-20-14(23)8-12(9-16(20)28-3)10-25-21(27)17-11(2)30-26-19(17)18-13(22)6-5-7-15(18)24/h5-9H,4,10H2,1-3H3,(H,25,27). The number of hydrogen-bond donors (Lipinski definition) is 1. The van der Waals surface area contributed by atoms with E-state index in [1.807, 2.05) is 6.92 Å². The Kier molecular flexibility index (Phi) is 6.84. The average Bonchev–Trinajstić information content (AvgIpc) is 3.09. The third kappa shape index (κ3) is 4.37. The number of ether oxygens (including phenoxy) is 2. The van der Waals surface area contributed by atoms with Crippen LogP contribution in [-0.4, -0.2) is 24.8 Å². The summed E-state index contributed by atoms with van der Waals surface area (Å²) >= 11 is 12.4. The number of nitrogens with zero attached hydrogens (tertiary/aromatic N) is 1. The van der Waals surface area contributed by atoms with E-state index in [4.69, 9.17) is 37.2 Å². The topological polar surface area (TPSA) is 73.6 Å². The molecule has 9 heteroatoms. The summed E-state index contributed by atoms with van der Waals surface area (Å²) < 4.78 is 30.3. The van der Waals surface area contributed by atoms with Gasteiger partial charge >= 0.3 is 0 Å². The summed E-state index contributed by atoms with van der Waals surface area (Å²) in [4.78, 5) is 12.9. The third-order valence-corrected chi connectivity index (χ3v) is 4.92. The van der Waals surface area contributed by atoms with Gasteiger partial charge in [-0.2, -0.15) is 0 Å². The number of rotatable bonds is 7. The Morgan fingerprint density at radius 3 is 2.70 bits per heavy atom. The fraction of sp³-hybridized carbons (Fsp3) is 0.238. The van der Waals surface area contributed by atoms with Gasteiger partial charge in [0, 0.05) is 6.54 Å². The van der Waals surface area contributed by atoms with Crippen molar-refractivity contribution in [2.45, 2.75) is 20.4 Å². The molecule has 2 aromatic carbocycles. The van der Waals surface area contributed by atoms with Crippen LogP contribution < -0.4 is 14.8 Å². The molecule has 3 aromatic rings. The highest BCUT2D eigenvalue weighted by Gasteiger charge is 2.25. The zero-order valence-corrected chi connectivity index (χ0v) is 18.0. The van der Waals surface area contributed by atoms with Crippen molar-refractivity contribution in [2.75, 3.05) is 13.7 Å². The van der Waals surface area contributed by atoms with Crippen LogP contribution in [0.5, 0.6) is 11.5 Å². The molecule has 30 heavy (non-hydrogen) atoms. The first-order valence-electron chi connectivity index (χ1n) is 9.05. The van der Waals surface area contributed by atoms with Gasteiger partial charge in [-0.25, -0.2) is 4.39 Å². The highest BCUT2D eigenvalue weighted by Crippen LogP contribution is 2.37. The molecule has 0 saturated carbocycles. The van der Waals surface area contributed by atoms with Crippen LogP contribution in [0.1, 0.15) is 28.6 Å². The maximum absolute atomic E-state index is 14.3. The first-order valence-corrected chi connectivity index (χ1v) is 9.81. The maximum Gasteiger partial charge on any atom is 0.257 e. The van der Waals surface area contributed by atoms with Gasteiger partial charge in [-0.1, -0.05) is 34.4 Å². The van der Waals surface area contributed by atoms with Crippen molar-refractivity contribution in [3.63, 3.8) is 0 Å². The van der Waals surface area contributed by atoms with Crippen molar-refractivity contribution in [1.29, 1.82) is 0 Å². The van der Waals surface area contributed by atoms with Crippen LogP contribution in [0.2, 0.25) is 10.0 Å². The molecule has 158 valence electrons. The van der Waals surface area contributed by atoms with Crippen LogP contribution >= 0.6 is 23.2 Å². The van der Waals surface area contributed by atoms with E-state index in [-0.39, 0.29) is 34.1 Å². The Balaban J connectivity index is 1.87. The molecule has 0 atom stereocenters. The number of halogens is 3. The summed E-state index contributed by atoms with van der Waals surface area (Å²) in [6.07, 6.45) is 0. The largest absolute Gasteiger partial charge is 0.493 e. The molecule has 0 unspecified atom stereocenters. The van der Waals surface area contributed by atoms with Crippen molar-refractivity contribution in [3.05, 3.63) is 63.1 Å². The van der Waals surface area contributed by atoms with Crippen LogP contribution in [0.25, 0.3) is 11.3 Å². The second kappa shape index (κ2) is 9.36. The molecule has 0 bridgehead atoms. The first-order chi connectivity index (χ1) is 14.4. The Bertz CT molecular complexity index is 1060. The van der Waals surface area contributed by atoms with Gasteiger partial charge in [0.15, 0.2) is 11.5 Å². The lowest BCUT2D eigenvalue weighted by Gasteiger charge is -2.13. The molecule has 0 aliphatic rings. The van der Waals surface area contributed by atoms with Gasteiger partial charge in [0.1, 0.15) is 22.8 Å². The summed E-state index contributed by atoms with van der Waals surface area (Å²) in [5, 5.41) is 7.09. The number of carbonyl (C=O) groups excluding carboxylic acids is 1. The molecule has 0 spiro atoms. The lowest BCUT2D eigenvalue weighted by molar-refractivity contribution is 0.0950. The van der Waals surface area contributed by atoms with Gasteiger partial charge in [0.05, 0.1) is 29.3 Å². The van der Waals surface area contributed by atoms with Crippen molar-refractivity contribution in [1.82, 2.24) is 10.5 Å². The molecule has 1 aromatic heterocycles. The molecule has 0 fully saturated rings. The number of aryl methyl sites for hydroxylation is 1. The molecule has 0 aliphatic carbocycles. The van der Waals surface area contributed by atoms with E-state index in [0.29, 0.717) is 28.7 Å². The summed E-state index contributed by atoms with van der Waals surface area (Å²) in [7, 11) is 1.50. The maximum atomic E-state index is 14.3. The summed E-state index contributed by atoms with van der Waals surface area (Å²) in [6, 6.07) is 7.61. The van der Waals surface area contributed by atoms with E-state index in [1.54, 1.807) is 19.1 Å². The number of hydrogen-bond acceptors (Lipinski definition) is 5. The normalized spacial score (nSPS) is 10.7. The van der Waals surface area contributed by atoms with Crippen LogP contribution in [0.15, 0.2) is 34.9 Å². The van der Waals surface area contributed by atoms with Crippen LogP contribution in [0, 0.1) is 12.7 Å². The predicted molar refractivity (Wildman–Crippen MR) is 112 cm³/mol. The van der Waals surface area contributed by atoms with Gasteiger partial charge in [-0.05, 0) is 43.7 Å². The van der Waals surface area contributed by atoms with Gasteiger partial charge in [-0.15, -0.1) is 0 Å². The minimum atomic E-state index is -0.604. The molecular formula is C21H19Cl2FN2O4. The molecular weight excluding hydrogens is 434 g/mol. The number of carbonyl (C=O) groups is 1. The first kappa shape index (κ1) is 21.9. The molecule has 1 amide bonds. The van der Waals surface area contributed by atoms with Gasteiger partial charge in [-0.3, -0.25) is 4.79 Å². The summed E-state index contributed by atoms with van der Waals surface area (Å²) in [5.41, 5.74) is 0.835. The van der Waals surface area contributed by atoms with Crippen molar-refractivity contribution >= 4 is 29.1 Å². The lowest BCUT2D eigenvalue weighted by Crippen LogP contribution is -2.24. The molecule has 0 radical (unpaired) electrons. The fourth-order valence-corrected chi connectivity index (χ4v) is 3.51. The second-order valence-electron chi connectivity index (χ2n) is 6.28. The number of methoxy groups -OCH3 is 1. The average molecular weight is 453 g/mol. The Labute approximate surface area is 182 Å². The Hall–Kier alpha value is -2.77. The van der Waals surface area contributed by atoms with Crippen molar-refractivity contribution in [2.24, 2.45) is 0 Å². The number of benzene rings is 2. The van der Waals surface area contributed by atoms with E-state index in [1.165, 1.54) is 25.3 Å². The molecule has 1 N–H and O–H groups in total. The van der Waals surface area contributed by atoms with Crippen LogP contribution in [0.3, 0.4) is 0 Å². The van der Waals surface area contributed by atoms with Crippen molar-refractivity contribution < 1.29 is 23.2 Å². The molecule has 3 rings (SSSR count). The zero-order chi connectivity index (χ0) is 21.8. The number of amides is 1. The number of nitrogens with one attached hydrogen (secondary N) is 1. The molecule has 6 nitrogen and oxygen atoms in total. The van der Waals surface area contributed by atoms with Gasteiger partial charge in [0.25, 0.3) is 5.91 Å². The van der Waals surface area contributed by atoms with E-state index in [9.17, 15) is 9.18 Å². The highest BCUT2D eigenvalue weighted by molar-refractivity contribution is 6.33. The van der Waals surface area contributed by atoms with Gasteiger partial charge < -0.3 is 19.3 Å². The minimum absolute atomic E-state index is 0.00643.